The summed E-state index contributed by atoms with van der Waals surface area (Å²) in [7, 11) is -1.63. The van der Waals surface area contributed by atoms with Crippen LogP contribution >= 0.6 is 0 Å². The molecule has 0 spiro atoms. The third kappa shape index (κ3) is 4.41. The predicted octanol–water partition coefficient (Wildman–Crippen LogP) is 2.28. The second kappa shape index (κ2) is 7.75. The van der Waals surface area contributed by atoms with E-state index in [9.17, 15) is 22.4 Å². The molecule has 2 aromatic rings. The van der Waals surface area contributed by atoms with Crippen molar-refractivity contribution in [3.63, 3.8) is 0 Å². The summed E-state index contributed by atoms with van der Waals surface area (Å²) in [5, 5.41) is 0. The average molecular weight is 409 g/mol. The molecule has 0 N–H and O–H groups in total. The van der Waals surface area contributed by atoms with Gasteiger partial charge in [-0.3, -0.25) is 4.79 Å². The Morgan fingerprint density at radius 3 is 2.50 bits per heavy atom. The fraction of sp³-hybridized carbons (Fsp3) is 0.368. The van der Waals surface area contributed by atoms with E-state index < -0.39 is 33.9 Å². The van der Waals surface area contributed by atoms with Gasteiger partial charge in [0.25, 0.3) is 5.91 Å². The van der Waals surface area contributed by atoms with Crippen LogP contribution in [0.15, 0.2) is 40.8 Å². The summed E-state index contributed by atoms with van der Waals surface area (Å²) in [6.45, 7) is 1.42. The number of rotatable bonds is 5. The Balaban J connectivity index is 1.62. The lowest BCUT2D eigenvalue weighted by Gasteiger charge is -2.26. The Bertz CT molecular complexity index is 982. The molecule has 0 unspecified atom stereocenters. The van der Waals surface area contributed by atoms with Crippen LogP contribution in [0.4, 0.5) is 4.39 Å². The maximum atomic E-state index is 13.0. The highest BCUT2D eigenvalue weighted by Gasteiger charge is 2.35. The van der Waals surface area contributed by atoms with Gasteiger partial charge < -0.3 is 14.1 Å². The monoisotopic (exact) mass is 409 g/mol. The normalized spacial score (nSPS) is 19.2. The molecule has 2 heterocycles. The topological polar surface area (TPSA) is 93.9 Å². The van der Waals surface area contributed by atoms with Crippen molar-refractivity contribution in [1.29, 1.82) is 0 Å². The van der Waals surface area contributed by atoms with Gasteiger partial charge in [0, 0.05) is 18.7 Å². The van der Waals surface area contributed by atoms with Crippen LogP contribution in [0.5, 0.6) is 0 Å². The third-order valence-corrected chi connectivity index (χ3v) is 6.42. The Morgan fingerprint density at radius 1 is 1.21 bits per heavy atom. The lowest BCUT2D eigenvalue weighted by molar-refractivity contribution is -0.140. The van der Waals surface area contributed by atoms with Crippen LogP contribution in [0.2, 0.25) is 0 Å². The third-order valence-electron chi connectivity index (χ3n) is 4.67. The van der Waals surface area contributed by atoms with Crippen LogP contribution in [-0.4, -0.2) is 55.9 Å². The molecule has 1 aromatic carbocycles. The van der Waals surface area contributed by atoms with Crippen LogP contribution < -0.4 is 0 Å². The van der Waals surface area contributed by atoms with Gasteiger partial charge in [-0.25, -0.2) is 17.6 Å². The fourth-order valence-corrected chi connectivity index (χ4v) is 4.81. The zero-order valence-corrected chi connectivity index (χ0v) is 16.2. The van der Waals surface area contributed by atoms with Crippen molar-refractivity contribution in [3.05, 3.63) is 48.0 Å². The first kappa shape index (κ1) is 20.1. The van der Waals surface area contributed by atoms with E-state index in [4.69, 9.17) is 9.15 Å². The van der Waals surface area contributed by atoms with E-state index in [0.29, 0.717) is 17.7 Å². The first-order valence-corrected chi connectivity index (χ1v) is 10.5. The molecule has 0 radical (unpaired) electrons. The van der Waals surface area contributed by atoms with Crippen molar-refractivity contribution in [2.24, 2.45) is 0 Å². The zero-order valence-electron chi connectivity index (χ0n) is 15.4. The Hall–Kier alpha value is -2.68. The summed E-state index contributed by atoms with van der Waals surface area (Å²) < 4.78 is 46.8. The van der Waals surface area contributed by atoms with Gasteiger partial charge in [-0.2, -0.15) is 0 Å². The number of ether oxygens (including phenoxy) is 1. The number of hydrogen-bond acceptors (Lipinski definition) is 6. The van der Waals surface area contributed by atoms with E-state index >= 15 is 0 Å². The molecule has 1 fully saturated rings. The van der Waals surface area contributed by atoms with E-state index in [1.54, 1.807) is 6.07 Å². The number of hydrogen-bond donors (Lipinski definition) is 0. The molecular formula is C19H20FNO6S. The summed E-state index contributed by atoms with van der Waals surface area (Å²) in [5.41, 5.74) is 0.590. The van der Waals surface area contributed by atoms with Crippen molar-refractivity contribution in [1.82, 2.24) is 4.90 Å². The van der Waals surface area contributed by atoms with Gasteiger partial charge in [0.15, 0.2) is 15.9 Å². The molecule has 150 valence electrons. The maximum Gasteiger partial charge on any atom is 0.375 e. The highest BCUT2D eigenvalue weighted by Crippen LogP contribution is 2.23. The second-order valence-corrected chi connectivity index (χ2v) is 8.95. The van der Waals surface area contributed by atoms with Gasteiger partial charge in [-0.15, -0.1) is 0 Å². The van der Waals surface area contributed by atoms with E-state index in [1.807, 2.05) is 0 Å². The van der Waals surface area contributed by atoms with Crippen molar-refractivity contribution in [2.75, 3.05) is 18.6 Å². The SMILES string of the molecule is C[C@@H](OC(=O)c1ccc(-c2ccc(F)cc2)o1)C(=O)N(C)[C@@H]1CCS(=O)(=O)C1. The largest absolute Gasteiger partial charge is 0.449 e. The van der Waals surface area contributed by atoms with Gasteiger partial charge in [0.1, 0.15) is 11.6 Å². The maximum absolute atomic E-state index is 13.0. The number of benzene rings is 1. The molecule has 28 heavy (non-hydrogen) atoms. The lowest BCUT2D eigenvalue weighted by Crippen LogP contribution is -2.44. The molecule has 1 aliphatic rings. The highest BCUT2D eigenvalue weighted by atomic mass is 32.2. The minimum atomic E-state index is -3.13. The Morgan fingerprint density at radius 2 is 1.89 bits per heavy atom. The molecule has 0 bridgehead atoms. The average Bonchev–Trinajstić information content (AvgIpc) is 3.27. The molecule has 0 aliphatic carbocycles. The smallest absolute Gasteiger partial charge is 0.375 e. The summed E-state index contributed by atoms with van der Waals surface area (Å²) in [4.78, 5) is 26.0. The molecule has 7 nitrogen and oxygen atoms in total. The first-order valence-electron chi connectivity index (χ1n) is 8.70. The number of furan rings is 1. The minimum absolute atomic E-state index is 0.0437. The van der Waals surface area contributed by atoms with Crippen LogP contribution in [0.3, 0.4) is 0 Å². The van der Waals surface area contributed by atoms with E-state index in [-0.39, 0.29) is 23.1 Å². The molecule has 9 heteroatoms. The van der Waals surface area contributed by atoms with Crippen LogP contribution in [0, 0.1) is 5.82 Å². The van der Waals surface area contributed by atoms with Crippen LogP contribution in [0.25, 0.3) is 11.3 Å². The van der Waals surface area contributed by atoms with Crippen molar-refractivity contribution in [2.45, 2.75) is 25.5 Å². The van der Waals surface area contributed by atoms with Gasteiger partial charge >= 0.3 is 5.97 Å². The van der Waals surface area contributed by atoms with Gasteiger partial charge in [0.2, 0.25) is 5.76 Å². The highest BCUT2D eigenvalue weighted by molar-refractivity contribution is 7.91. The number of nitrogens with zero attached hydrogens (tertiary/aromatic N) is 1. The van der Waals surface area contributed by atoms with E-state index in [2.05, 4.69) is 0 Å². The van der Waals surface area contributed by atoms with Gasteiger partial charge in [0.05, 0.1) is 11.5 Å². The molecule has 3 rings (SSSR count). The number of halogens is 1. The molecule has 1 aromatic heterocycles. The quantitative estimate of drug-likeness (QED) is 0.704. The van der Waals surface area contributed by atoms with Crippen molar-refractivity contribution < 1.29 is 31.6 Å². The molecule has 1 saturated heterocycles. The summed E-state index contributed by atoms with van der Waals surface area (Å²) in [6.07, 6.45) is -0.732. The summed E-state index contributed by atoms with van der Waals surface area (Å²) in [5.74, 6) is -1.47. The summed E-state index contributed by atoms with van der Waals surface area (Å²) >= 11 is 0. The minimum Gasteiger partial charge on any atom is -0.449 e. The number of amides is 1. The van der Waals surface area contributed by atoms with Crippen molar-refractivity contribution in [3.8, 4) is 11.3 Å². The molecule has 1 amide bonds. The van der Waals surface area contributed by atoms with Gasteiger partial charge in [-0.1, -0.05) is 0 Å². The number of carbonyl (C=O) groups is 2. The van der Waals surface area contributed by atoms with Crippen LogP contribution in [0.1, 0.15) is 23.9 Å². The zero-order chi connectivity index (χ0) is 20.5. The first-order chi connectivity index (χ1) is 13.2. The van der Waals surface area contributed by atoms with Gasteiger partial charge in [-0.05, 0) is 49.7 Å². The molecule has 1 aliphatic heterocycles. The number of likely N-dealkylation sites (N-methyl/N-ethyl adjacent to an activating group) is 1. The fourth-order valence-electron chi connectivity index (χ4n) is 3.03. The second-order valence-electron chi connectivity index (χ2n) is 6.72. The lowest BCUT2D eigenvalue weighted by atomic mass is 10.2. The molecular weight excluding hydrogens is 389 g/mol. The standard InChI is InChI=1S/C19H20FNO6S/c1-12(18(22)21(2)15-9-10-28(24,25)11-15)26-19(23)17-8-7-16(27-17)13-3-5-14(20)6-4-13/h3-8,12,15H,9-11H2,1-2H3/t12-,15-/m1/s1. The van der Waals surface area contributed by atoms with E-state index in [0.717, 1.165) is 0 Å². The van der Waals surface area contributed by atoms with E-state index in [1.165, 1.54) is 49.2 Å². The Kier molecular flexibility index (Phi) is 5.55. The molecule has 0 saturated carbocycles. The number of sulfone groups is 1. The van der Waals surface area contributed by atoms with Crippen LogP contribution in [-0.2, 0) is 19.4 Å². The summed E-state index contributed by atoms with van der Waals surface area (Å²) in [6, 6.07) is 8.11. The number of esters is 1. The predicted molar refractivity (Wildman–Crippen MR) is 98.8 cm³/mol. The van der Waals surface area contributed by atoms with Crippen molar-refractivity contribution >= 4 is 21.7 Å². The number of carbonyl (C=O) groups excluding carboxylic acids is 2. The Labute approximate surface area is 162 Å². The molecule has 2 atom stereocenters.